The molecule has 0 aliphatic heterocycles. The summed E-state index contributed by atoms with van der Waals surface area (Å²) in [5, 5.41) is 9.38. The van der Waals surface area contributed by atoms with Crippen molar-refractivity contribution < 1.29 is 9.59 Å². The highest BCUT2D eigenvalue weighted by Crippen LogP contribution is 2.08. The Hall–Kier alpha value is -1.85. The number of nitrogens with two attached hydrogens (primary N) is 1. The van der Waals surface area contributed by atoms with Crippen LogP contribution in [-0.4, -0.2) is 28.1 Å². The quantitative estimate of drug-likeness (QED) is 0.711. The first kappa shape index (κ1) is 15.2. The van der Waals surface area contributed by atoms with Crippen LogP contribution in [0.2, 0.25) is 0 Å². The van der Waals surface area contributed by atoms with E-state index < -0.39 is 11.9 Å². The molecule has 6 heteroatoms. The summed E-state index contributed by atoms with van der Waals surface area (Å²) in [7, 11) is 0. The van der Waals surface area contributed by atoms with Crippen molar-refractivity contribution in [3.05, 3.63) is 17.5 Å². The largest absolute Gasteiger partial charge is 0.368 e. The molecule has 4 N–H and O–H groups in total. The van der Waals surface area contributed by atoms with Crippen LogP contribution >= 0.6 is 0 Å². The summed E-state index contributed by atoms with van der Waals surface area (Å²) in [6.45, 7) is 7.82. The Balaban J connectivity index is 2.72. The SMILES string of the molecule is CC(C)Cc1cc(C(=O)N[C@@H](C(N)=O)C(C)C)n[nH]1. The van der Waals surface area contributed by atoms with Gasteiger partial charge in [0.25, 0.3) is 5.91 Å². The zero-order chi connectivity index (χ0) is 14.6. The highest BCUT2D eigenvalue weighted by molar-refractivity contribution is 5.95. The van der Waals surface area contributed by atoms with E-state index in [9.17, 15) is 9.59 Å². The number of aromatic nitrogens is 2. The van der Waals surface area contributed by atoms with Crippen molar-refractivity contribution in [3.63, 3.8) is 0 Å². The lowest BCUT2D eigenvalue weighted by molar-refractivity contribution is -0.120. The van der Waals surface area contributed by atoms with Gasteiger partial charge in [-0.25, -0.2) is 0 Å². The second-order valence-electron chi connectivity index (χ2n) is 5.47. The van der Waals surface area contributed by atoms with E-state index in [-0.39, 0.29) is 17.5 Å². The molecule has 19 heavy (non-hydrogen) atoms. The number of H-pyrrole nitrogens is 1. The van der Waals surface area contributed by atoms with Gasteiger partial charge in [-0.2, -0.15) is 5.10 Å². The minimum absolute atomic E-state index is 0.0597. The predicted octanol–water partition coefficient (Wildman–Crippen LogP) is 0.848. The van der Waals surface area contributed by atoms with E-state index in [4.69, 9.17) is 5.73 Å². The number of aromatic amines is 1. The molecule has 0 saturated carbocycles. The number of hydrogen-bond acceptors (Lipinski definition) is 3. The second-order valence-corrected chi connectivity index (χ2v) is 5.47. The zero-order valence-corrected chi connectivity index (χ0v) is 11.9. The number of carbonyl (C=O) groups is 2. The van der Waals surface area contributed by atoms with E-state index in [1.54, 1.807) is 6.07 Å². The monoisotopic (exact) mass is 266 g/mol. The van der Waals surface area contributed by atoms with Crippen LogP contribution < -0.4 is 11.1 Å². The lowest BCUT2D eigenvalue weighted by atomic mass is 10.0. The molecular weight excluding hydrogens is 244 g/mol. The lowest BCUT2D eigenvalue weighted by Gasteiger charge is -2.17. The highest BCUT2D eigenvalue weighted by atomic mass is 16.2. The van der Waals surface area contributed by atoms with Crippen LogP contribution in [0.25, 0.3) is 0 Å². The van der Waals surface area contributed by atoms with Gasteiger partial charge in [0.1, 0.15) is 11.7 Å². The Morgan fingerprint density at radius 2 is 2.00 bits per heavy atom. The zero-order valence-electron chi connectivity index (χ0n) is 11.9. The number of amides is 2. The molecule has 1 rings (SSSR count). The number of nitrogens with zero attached hydrogens (tertiary/aromatic N) is 1. The molecule has 1 aromatic heterocycles. The van der Waals surface area contributed by atoms with Crippen LogP contribution in [0.5, 0.6) is 0 Å². The van der Waals surface area contributed by atoms with Crippen molar-refractivity contribution in [2.24, 2.45) is 17.6 Å². The lowest BCUT2D eigenvalue weighted by Crippen LogP contribution is -2.47. The minimum atomic E-state index is -0.683. The molecule has 106 valence electrons. The van der Waals surface area contributed by atoms with Crippen LogP contribution in [0.15, 0.2) is 6.07 Å². The predicted molar refractivity (Wildman–Crippen MR) is 72.4 cm³/mol. The maximum Gasteiger partial charge on any atom is 0.272 e. The molecule has 0 fully saturated rings. The number of hydrogen-bond donors (Lipinski definition) is 3. The smallest absolute Gasteiger partial charge is 0.272 e. The molecule has 6 nitrogen and oxygen atoms in total. The van der Waals surface area contributed by atoms with Gasteiger partial charge >= 0.3 is 0 Å². The average Bonchev–Trinajstić information content (AvgIpc) is 2.72. The first-order chi connectivity index (χ1) is 8.81. The molecule has 1 atom stereocenters. The molecule has 0 saturated heterocycles. The summed E-state index contributed by atoms with van der Waals surface area (Å²) >= 11 is 0. The Labute approximate surface area is 113 Å². The summed E-state index contributed by atoms with van der Waals surface area (Å²) in [6.07, 6.45) is 0.823. The van der Waals surface area contributed by atoms with Gasteiger partial charge in [0.05, 0.1) is 0 Å². The molecule has 2 amide bonds. The van der Waals surface area contributed by atoms with Crippen molar-refractivity contribution in [2.75, 3.05) is 0 Å². The van der Waals surface area contributed by atoms with Crippen molar-refractivity contribution in [1.82, 2.24) is 15.5 Å². The van der Waals surface area contributed by atoms with Gasteiger partial charge in [0.2, 0.25) is 5.91 Å². The Bertz CT molecular complexity index is 451. The number of carbonyl (C=O) groups excluding carboxylic acids is 2. The fraction of sp³-hybridized carbons (Fsp3) is 0.615. The van der Waals surface area contributed by atoms with E-state index >= 15 is 0 Å². The molecule has 0 radical (unpaired) electrons. The van der Waals surface area contributed by atoms with Gasteiger partial charge in [-0.05, 0) is 24.3 Å². The van der Waals surface area contributed by atoms with Crippen LogP contribution in [0.1, 0.15) is 43.9 Å². The molecule has 0 aromatic carbocycles. The number of rotatable bonds is 6. The van der Waals surface area contributed by atoms with Crippen LogP contribution in [0.3, 0.4) is 0 Å². The van der Waals surface area contributed by atoms with Crippen LogP contribution in [0, 0.1) is 11.8 Å². The summed E-state index contributed by atoms with van der Waals surface area (Å²) < 4.78 is 0. The van der Waals surface area contributed by atoms with Crippen molar-refractivity contribution in [2.45, 2.75) is 40.2 Å². The topological polar surface area (TPSA) is 101 Å². The fourth-order valence-corrected chi connectivity index (χ4v) is 1.80. The standard InChI is InChI=1S/C13H22N4O2/c1-7(2)5-9-6-10(17-16-9)13(19)15-11(8(3)4)12(14)18/h6-8,11H,5H2,1-4H3,(H2,14,18)(H,15,19)(H,16,17)/t11-/m1/s1. The van der Waals surface area contributed by atoms with Gasteiger partial charge in [-0.1, -0.05) is 27.7 Å². The fourth-order valence-electron chi connectivity index (χ4n) is 1.80. The molecule has 1 heterocycles. The van der Waals surface area contributed by atoms with Crippen LogP contribution in [-0.2, 0) is 11.2 Å². The molecule has 0 spiro atoms. The Kier molecular flexibility index (Phi) is 5.09. The third-order valence-electron chi connectivity index (χ3n) is 2.75. The maximum absolute atomic E-state index is 12.0. The van der Waals surface area contributed by atoms with E-state index in [2.05, 4.69) is 29.4 Å². The van der Waals surface area contributed by atoms with E-state index in [1.165, 1.54) is 0 Å². The third kappa shape index (κ3) is 4.39. The maximum atomic E-state index is 12.0. The van der Waals surface area contributed by atoms with Crippen molar-refractivity contribution in [1.29, 1.82) is 0 Å². The average molecular weight is 266 g/mol. The first-order valence-electron chi connectivity index (χ1n) is 6.45. The molecule has 0 bridgehead atoms. The van der Waals surface area contributed by atoms with Crippen LogP contribution in [0.4, 0.5) is 0 Å². The molecule has 0 aliphatic carbocycles. The summed E-state index contributed by atoms with van der Waals surface area (Å²) in [6, 6.07) is 1.02. The van der Waals surface area contributed by atoms with E-state index in [0.29, 0.717) is 5.92 Å². The van der Waals surface area contributed by atoms with E-state index in [1.807, 2.05) is 13.8 Å². The highest BCUT2D eigenvalue weighted by Gasteiger charge is 2.23. The second kappa shape index (κ2) is 6.36. The van der Waals surface area contributed by atoms with Gasteiger partial charge in [-0.15, -0.1) is 0 Å². The van der Waals surface area contributed by atoms with Gasteiger partial charge in [0, 0.05) is 5.69 Å². The Morgan fingerprint density at radius 1 is 1.37 bits per heavy atom. The molecule has 1 aromatic rings. The normalized spacial score (nSPS) is 12.7. The van der Waals surface area contributed by atoms with Crippen molar-refractivity contribution in [3.8, 4) is 0 Å². The first-order valence-corrected chi connectivity index (χ1v) is 6.45. The Morgan fingerprint density at radius 3 is 2.47 bits per heavy atom. The number of nitrogens with one attached hydrogen (secondary N) is 2. The summed E-state index contributed by atoms with van der Waals surface area (Å²) in [5.74, 6) is -0.508. The van der Waals surface area contributed by atoms with E-state index in [0.717, 1.165) is 12.1 Å². The molecular formula is C13H22N4O2. The number of primary amides is 1. The molecule has 0 unspecified atom stereocenters. The minimum Gasteiger partial charge on any atom is -0.368 e. The van der Waals surface area contributed by atoms with Gasteiger partial charge in [0.15, 0.2) is 0 Å². The third-order valence-corrected chi connectivity index (χ3v) is 2.75. The van der Waals surface area contributed by atoms with Crippen molar-refractivity contribution >= 4 is 11.8 Å². The summed E-state index contributed by atoms with van der Waals surface area (Å²) in [4.78, 5) is 23.2. The van der Waals surface area contributed by atoms with Gasteiger partial charge in [-0.3, -0.25) is 14.7 Å². The summed E-state index contributed by atoms with van der Waals surface area (Å²) in [5.41, 5.74) is 6.44. The molecule has 0 aliphatic rings. The van der Waals surface area contributed by atoms with Gasteiger partial charge < -0.3 is 11.1 Å².